The van der Waals surface area contributed by atoms with Gasteiger partial charge in [0.15, 0.2) is 0 Å². The van der Waals surface area contributed by atoms with Crippen LogP contribution >= 0.6 is 0 Å². The normalized spacial score (nSPS) is 18.2. The van der Waals surface area contributed by atoms with Crippen LogP contribution in [0.15, 0.2) is 30.5 Å². The first kappa shape index (κ1) is 8.81. The molecule has 2 rings (SSSR count). The number of rotatable bonds is 1. The smallest absolute Gasteiger partial charge is 0.246 e. The second-order valence-electron chi connectivity index (χ2n) is 3.18. The Morgan fingerprint density at radius 3 is 3.00 bits per heavy atom. The maximum absolute atomic E-state index is 11.5. The quantitative estimate of drug-likeness (QED) is 0.691. The Labute approximate surface area is 82.8 Å². The molecule has 0 saturated carbocycles. The first-order valence-corrected chi connectivity index (χ1v) is 4.56. The van der Waals surface area contributed by atoms with Crippen molar-refractivity contribution in [2.75, 3.05) is 7.05 Å². The minimum Gasteiger partial charge on any atom is -0.376 e. The van der Waals surface area contributed by atoms with E-state index in [0.717, 1.165) is 11.1 Å². The third-order valence-corrected chi connectivity index (χ3v) is 2.34. The van der Waals surface area contributed by atoms with E-state index in [0.29, 0.717) is 0 Å². The molecule has 0 bridgehead atoms. The summed E-state index contributed by atoms with van der Waals surface area (Å²) in [6, 6.07) is 7.61. The molecular formula is C11H12N2O. The maximum Gasteiger partial charge on any atom is 0.246 e. The van der Waals surface area contributed by atoms with Crippen LogP contribution in [0, 0.1) is 0 Å². The number of likely N-dealkylation sites (N-methyl/N-ethyl adjacent to an activating group) is 1. The van der Waals surface area contributed by atoms with Gasteiger partial charge in [-0.1, -0.05) is 24.3 Å². The number of fused-ring (bicyclic) bond motifs is 1. The van der Waals surface area contributed by atoms with Crippen LogP contribution in [0.5, 0.6) is 0 Å². The molecule has 3 heteroatoms. The van der Waals surface area contributed by atoms with Gasteiger partial charge in [-0.25, -0.2) is 0 Å². The molecule has 0 aromatic heterocycles. The van der Waals surface area contributed by atoms with Gasteiger partial charge in [-0.2, -0.15) is 0 Å². The van der Waals surface area contributed by atoms with Gasteiger partial charge in [0, 0.05) is 7.05 Å². The van der Waals surface area contributed by atoms with E-state index in [1.165, 1.54) is 0 Å². The zero-order valence-electron chi connectivity index (χ0n) is 7.95. The molecule has 72 valence electrons. The van der Waals surface area contributed by atoms with E-state index >= 15 is 0 Å². The largest absolute Gasteiger partial charge is 0.376 e. The van der Waals surface area contributed by atoms with Crippen LogP contribution in [0.25, 0.3) is 6.08 Å². The highest BCUT2D eigenvalue weighted by atomic mass is 16.2. The fraction of sp³-hybridized carbons (Fsp3) is 0.182. The molecule has 2 N–H and O–H groups in total. The third kappa shape index (κ3) is 1.37. The fourth-order valence-corrected chi connectivity index (χ4v) is 1.61. The third-order valence-electron chi connectivity index (χ3n) is 2.34. The molecule has 0 aliphatic carbocycles. The summed E-state index contributed by atoms with van der Waals surface area (Å²) in [6.45, 7) is 0. The summed E-state index contributed by atoms with van der Waals surface area (Å²) in [5.41, 5.74) is 2.12. The van der Waals surface area contributed by atoms with Gasteiger partial charge in [-0.3, -0.25) is 4.79 Å². The van der Waals surface area contributed by atoms with Crippen molar-refractivity contribution in [2.45, 2.75) is 6.04 Å². The highest BCUT2D eigenvalue weighted by Crippen LogP contribution is 2.22. The Bertz CT molecular complexity index is 385. The van der Waals surface area contributed by atoms with Crippen LogP contribution in [-0.2, 0) is 4.79 Å². The average Bonchev–Trinajstić information content (AvgIpc) is 2.27. The van der Waals surface area contributed by atoms with Gasteiger partial charge in [0.2, 0.25) is 5.91 Å². The number of amides is 1. The number of nitrogens with one attached hydrogen (secondary N) is 2. The van der Waals surface area contributed by atoms with Crippen molar-refractivity contribution in [3.63, 3.8) is 0 Å². The number of hydrogen-bond acceptors (Lipinski definition) is 2. The Morgan fingerprint density at radius 1 is 1.43 bits per heavy atom. The van der Waals surface area contributed by atoms with Crippen molar-refractivity contribution in [1.82, 2.24) is 10.6 Å². The molecule has 1 aliphatic rings. The molecule has 1 aromatic rings. The number of benzene rings is 1. The molecule has 1 atom stereocenters. The van der Waals surface area contributed by atoms with Crippen LogP contribution in [-0.4, -0.2) is 13.0 Å². The van der Waals surface area contributed by atoms with E-state index in [9.17, 15) is 4.79 Å². The molecule has 0 fully saturated rings. The van der Waals surface area contributed by atoms with E-state index in [2.05, 4.69) is 10.6 Å². The molecular weight excluding hydrogens is 176 g/mol. The van der Waals surface area contributed by atoms with E-state index in [1.54, 1.807) is 7.05 Å². The molecule has 0 saturated heterocycles. The Morgan fingerprint density at radius 2 is 2.21 bits per heavy atom. The second-order valence-corrected chi connectivity index (χ2v) is 3.18. The summed E-state index contributed by atoms with van der Waals surface area (Å²) >= 11 is 0. The van der Waals surface area contributed by atoms with E-state index < -0.39 is 0 Å². The standard InChI is InChI=1S/C11H12N2O/c1-12-11(14)10-9-5-3-2-4-8(9)6-7-13-10/h2-7,10,13H,1H3,(H,12,14). The van der Waals surface area contributed by atoms with Crippen LogP contribution in [0.3, 0.4) is 0 Å². The first-order chi connectivity index (χ1) is 6.83. The Kier molecular flexibility index (Phi) is 2.23. The first-order valence-electron chi connectivity index (χ1n) is 4.56. The predicted molar refractivity (Wildman–Crippen MR) is 55.4 cm³/mol. The lowest BCUT2D eigenvalue weighted by Crippen LogP contribution is -2.34. The van der Waals surface area contributed by atoms with E-state index in [-0.39, 0.29) is 11.9 Å². The van der Waals surface area contributed by atoms with E-state index in [1.807, 2.05) is 36.5 Å². The topological polar surface area (TPSA) is 41.1 Å². The van der Waals surface area contributed by atoms with Gasteiger partial charge in [-0.15, -0.1) is 0 Å². The van der Waals surface area contributed by atoms with Crippen molar-refractivity contribution < 1.29 is 4.79 Å². The Balaban J connectivity index is 2.40. The lowest BCUT2D eigenvalue weighted by molar-refractivity contribution is -0.122. The molecule has 1 aromatic carbocycles. The molecule has 0 radical (unpaired) electrons. The fourth-order valence-electron chi connectivity index (χ4n) is 1.61. The van der Waals surface area contributed by atoms with Crippen molar-refractivity contribution in [2.24, 2.45) is 0 Å². The average molecular weight is 188 g/mol. The lowest BCUT2D eigenvalue weighted by atomic mass is 9.97. The van der Waals surface area contributed by atoms with Gasteiger partial charge in [0.1, 0.15) is 6.04 Å². The maximum atomic E-state index is 11.5. The van der Waals surface area contributed by atoms with Crippen molar-refractivity contribution in [3.05, 3.63) is 41.6 Å². The SMILES string of the molecule is CNC(=O)C1NC=Cc2ccccc21. The van der Waals surface area contributed by atoms with Gasteiger partial charge >= 0.3 is 0 Å². The minimum absolute atomic E-state index is 0.0122. The van der Waals surface area contributed by atoms with Gasteiger partial charge < -0.3 is 10.6 Å². The molecule has 3 nitrogen and oxygen atoms in total. The van der Waals surface area contributed by atoms with Crippen molar-refractivity contribution in [3.8, 4) is 0 Å². The van der Waals surface area contributed by atoms with Crippen LogP contribution in [0.4, 0.5) is 0 Å². The summed E-state index contributed by atoms with van der Waals surface area (Å²) < 4.78 is 0. The summed E-state index contributed by atoms with van der Waals surface area (Å²) in [5, 5.41) is 5.67. The zero-order valence-corrected chi connectivity index (χ0v) is 7.95. The van der Waals surface area contributed by atoms with Gasteiger partial charge in [0.05, 0.1) is 0 Å². The van der Waals surface area contributed by atoms with Gasteiger partial charge in [-0.05, 0) is 23.4 Å². The minimum atomic E-state index is -0.263. The van der Waals surface area contributed by atoms with Gasteiger partial charge in [0.25, 0.3) is 0 Å². The molecule has 1 heterocycles. The zero-order chi connectivity index (χ0) is 9.97. The molecule has 0 spiro atoms. The van der Waals surface area contributed by atoms with Crippen molar-refractivity contribution in [1.29, 1.82) is 0 Å². The Hall–Kier alpha value is -1.77. The summed E-state index contributed by atoms with van der Waals surface area (Å²) in [5.74, 6) is -0.0122. The highest BCUT2D eigenvalue weighted by molar-refractivity contribution is 5.85. The predicted octanol–water partition coefficient (Wildman–Crippen LogP) is 1.05. The van der Waals surface area contributed by atoms with E-state index in [4.69, 9.17) is 0 Å². The van der Waals surface area contributed by atoms with Crippen LogP contribution < -0.4 is 10.6 Å². The molecule has 1 unspecified atom stereocenters. The van der Waals surface area contributed by atoms with Crippen molar-refractivity contribution >= 4 is 12.0 Å². The summed E-state index contributed by atoms with van der Waals surface area (Å²) in [4.78, 5) is 11.5. The van der Waals surface area contributed by atoms with Crippen LogP contribution in [0.1, 0.15) is 17.2 Å². The summed E-state index contributed by atoms with van der Waals surface area (Å²) in [7, 11) is 1.64. The molecule has 1 aliphatic heterocycles. The monoisotopic (exact) mass is 188 g/mol. The van der Waals surface area contributed by atoms with Crippen LogP contribution in [0.2, 0.25) is 0 Å². The lowest BCUT2D eigenvalue weighted by Gasteiger charge is -2.21. The highest BCUT2D eigenvalue weighted by Gasteiger charge is 2.21. The second kappa shape index (κ2) is 3.54. The number of carbonyl (C=O) groups excluding carboxylic acids is 1. The molecule has 1 amide bonds. The number of carbonyl (C=O) groups is 1. The summed E-state index contributed by atoms with van der Waals surface area (Å²) in [6.07, 6.45) is 3.77. The number of hydrogen-bond donors (Lipinski definition) is 2. The molecule has 14 heavy (non-hydrogen) atoms.